The minimum absolute atomic E-state index is 0.0879. The van der Waals surface area contributed by atoms with Crippen LogP contribution in [0.2, 0.25) is 0 Å². The van der Waals surface area contributed by atoms with E-state index in [9.17, 15) is 19.2 Å². The minimum atomic E-state index is -0.611. The molecule has 0 spiro atoms. The molecule has 0 aliphatic heterocycles. The van der Waals surface area contributed by atoms with Gasteiger partial charge in [0.05, 0.1) is 33.5 Å². The standard InChI is InChI=1S/C35H36N10O6/c1-6-22-28(50-18(4)38-22)32(48)42-34-40-24-15-20(30(36)46)10-11-26(24)44(34)12-8-9-13-45-27-17(3)14-21(31(37)47)16-25(27)41-35(45)43-33(49)29-23(7-2)39-19(5)51-29/h8-11,14-16H,6-7,12-13H2,1-5H3,(H2,36,46)(H2,37,47)(H,40,42,48)(H,41,43,49)/b9-8+. The van der Waals surface area contributed by atoms with Crippen molar-refractivity contribution in [3.05, 3.63) is 93.9 Å². The molecule has 0 bridgehead atoms. The molecule has 0 unspecified atom stereocenters. The number of hydrogen-bond acceptors (Lipinski definition) is 10. The molecule has 0 aliphatic rings. The fraction of sp³-hybridized carbons (Fsp3) is 0.257. The van der Waals surface area contributed by atoms with E-state index in [0.717, 1.165) is 5.56 Å². The zero-order chi connectivity index (χ0) is 36.6. The van der Waals surface area contributed by atoms with Gasteiger partial charge in [-0.1, -0.05) is 26.0 Å². The molecule has 4 heterocycles. The number of amides is 4. The Labute approximate surface area is 290 Å². The summed E-state index contributed by atoms with van der Waals surface area (Å²) in [5.41, 5.74) is 15.6. The van der Waals surface area contributed by atoms with E-state index in [1.807, 2.05) is 32.9 Å². The summed E-state index contributed by atoms with van der Waals surface area (Å²) in [4.78, 5) is 68.4. The largest absolute Gasteiger partial charge is 0.436 e. The van der Waals surface area contributed by atoms with E-state index in [1.165, 1.54) is 0 Å². The lowest BCUT2D eigenvalue weighted by atomic mass is 10.1. The van der Waals surface area contributed by atoms with Crippen molar-refractivity contribution in [1.82, 2.24) is 29.1 Å². The van der Waals surface area contributed by atoms with E-state index in [1.54, 1.807) is 53.3 Å². The van der Waals surface area contributed by atoms with Gasteiger partial charge in [0.15, 0.2) is 11.8 Å². The number of allylic oxidation sites excluding steroid dienone is 2. The first-order valence-electron chi connectivity index (χ1n) is 16.2. The van der Waals surface area contributed by atoms with Crippen molar-refractivity contribution in [3.8, 4) is 0 Å². The molecular formula is C35H36N10O6. The van der Waals surface area contributed by atoms with Gasteiger partial charge in [0.2, 0.25) is 35.2 Å². The number of primary amides is 2. The van der Waals surface area contributed by atoms with Crippen molar-refractivity contribution in [3.63, 3.8) is 0 Å². The molecule has 6 rings (SSSR count). The summed E-state index contributed by atoms with van der Waals surface area (Å²) >= 11 is 0. The van der Waals surface area contributed by atoms with Crippen LogP contribution in [0.3, 0.4) is 0 Å². The van der Waals surface area contributed by atoms with Crippen LogP contribution in [0, 0.1) is 20.8 Å². The number of benzene rings is 2. The fourth-order valence-electron chi connectivity index (χ4n) is 5.91. The van der Waals surface area contributed by atoms with Gasteiger partial charge in [-0.3, -0.25) is 29.8 Å². The number of nitrogens with zero attached hydrogens (tertiary/aromatic N) is 6. The fourth-order valence-corrected chi connectivity index (χ4v) is 5.91. The van der Waals surface area contributed by atoms with Crippen LogP contribution in [0.1, 0.15) is 84.4 Å². The first-order chi connectivity index (χ1) is 24.4. The molecule has 0 atom stereocenters. The van der Waals surface area contributed by atoms with Crippen molar-refractivity contribution in [2.75, 3.05) is 10.6 Å². The van der Waals surface area contributed by atoms with Crippen molar-refractivity contribution >= 4 is 57.6 Å². The van der Waals surface area contributed by atoms with Crippen molar-refractivity contribution in [2.45, 2.75) is 60.5 Å². The third kappa shape index (κ3) is 6.70. The first-order valence-corrected chi connectivity index (χ1v) is 16.2. The molecule has 16 heteroatoms. The number of anilines is 2. The first kappa shape index (κ1) is 34.3. The third-order valence-electron chi connectivity index (χ3n) is 8.23. The van der Waals surface area contributed by atoms with E-state index in [2.05, 4.69) is 30.6 Å². The molecule has 0 saturated heterocycles. The third-order valence-corrected chi connectivity index (χ3v) is 8.23. The zero-order valence-electron chi connectivity index (χ0n) is 28.7. The molecule has 4 amide bonds. The summed E-state index contributed by atoms with van der Waals surface area (Å²) in [6, 6.07) is 8.08. The van der Waals surface area contributed by atoms with Gasteiger partial charge in [-0.05, 0) is 55.7 Å². The second-order valence-electron chi connectivity index (χ2n) is 11.8. The van der Waals surface area contributed by atoms with E-state index in [-0.39, 0.29) is 47.6 Å². The lowest BCUT2D eigenvalue weighted by Gasteiger charge is -2.10. The van der Waals surface area contributed by atoms with Gasteiger partial charge >= 0.3 is 0 Å². The zero-order valence-corrected chi connectivity index (χ0v) is 28.7. The molecular weight excluding hydrogens is 656 g/mol. The van der Waals surface area contributed by atoms with E-state index < -0.39 is 23.6 Å². The van der Waals surface area contributed by atoms with Crippen LogP contribution in [0.4, 0.5) is 11.9 Å². The van der Waals surface area contributed by atoms with Crippen LogP contribution in [-0.2, 0) is 25.9 Å². The predicted octanol–water partition coefficient (Wildman–Crippen LogP) is 4.37. The second kappa shape index (κ2) is 13.7. The number of aromatic nitrogens is 6. The van der Waals surface area contributed by atoms with Gasteiger partial charge in [-0.25, -0.2) is 19.9 Å². The Balaban J connectivity index is 1.34. The van der Waals surface area contributed by atoms with Crippen LogP contribution in [0.5, 0.6) is 0 Å². The van der Waals surface area contributed by atoms with Crippen molar-refractivity contribution in [1.29, 1.82) is 0 Å². The Kier molecular flexibility index (Phi) is 9.24. The number of carbonyl (C=O) groups is 4. The number of nitrogens with one attached hydrogen (secondary N) is 2. The number of fused-ring (bicyclic) bond motifs is 2. The van der Waals surface area contributed by atoms with Crippen molar-refractivity contribution in [2.24, 2.45) is 11.5 Å². The summed E-state index contributed by atoms with van der Waals surface area (Å²) in [5, 5.41) is 5.67. The summed E-state index contributed by atoms with van der Waals surface area (Å²) in [5.74, 6) is -0.919. The molecule has 6 N–H and O–H groups in total. The van der Waals surface area contributed by atoms with E-state index in [0.29, 0.717) is 58.1 Å². The van der Waals surface area contributed by atoms with Gasteiger partial charge in [0.25, 0.3) is 11.8 Å². The second-order valence-corrected chi connectivity index (χ2v) is 11.8. The van der Waals surface area contributed by atoms with Gasteiger partial charge in [-0.15, -0.1) is 0 Å². The maximum atomic E-state index is 13.4. The number of nitrogens with two attached hydrogens (primary N) is 2. The van der Waals surface area contributed by atoms with Crippen LogP contribution < -0.4 is 22.1 Å². The molecule has 262 valence electrons. The average molecular weight is 693 g/mol. The smallest absolute Gasteiger partial charge is 0.295 e. The van der Waals surface area contributed by atoms with E-state index in [4.69, 9.17) is 20.3 Å². The Morgan fingerprint density at radius 1 is 0.706 bits per heavy atom. The molecule has 2 aromatic carbocycles. The highest BCUT2D eigenvalue weighted by molar-refractivity contribution is 6.04. The number of carbonyl (C=O) groups excluding carboxylic acids is 4. The molecule has 4 aromatic heterocycles. The number of aryl methyl sites for hydroxylation is 5. The highest BCUT2D eigenvalue weighted by atomic mass is 16.4. The molecule has 0 aliphatic carbocycles. The highest BCUT2D eigenvalue weighted by Crippen LogP contribution is 2.27. The maximum absolute atomic E-state index is 13.4. The predicted molar refractivity (Wildman–Crippen MR) is 188 cm³/mol. The number of oxazole rings is 2. The van der Waals surface area contributed by atoms with Crippen LogP contribution >= 0.6 is 0 Å². The Morgan fingerprint density at radius 2 is 1.22 bits per heavy atom. The summed E-state index contributed by atoms with van der Waals surface area (Å²) in [7, 11) is 0. The van der Waals surface area contributed by atoms with Gasteiger partial charge < -0.3 is 29.4 Å². The minimum Gasteiger partial charge on any atom is -0.436 e. The number of rotatable bonds is 12. The van der Waals surface area contributed by atoms with Crippen LogP contribution in [0.25, 0.3) is 22.1 Å². The average Bonchev–Trinajstić information content (AvgIpc) is 3.85. The number of imidazole rings is 2. The normalized spacial score (nSPS) is 11.5. The van der Waals surface area contributed by atoms with Gasteiger partial charge in [0, 0.05) is 38.1 Å². The molecule has 51 heavy (non-hydrogen) atoms. The maximum Gasteiger partial charge on any atom is 0.295 e. The molecule has 16 nitrogen and oxygen atoms in total. The van der Waals surface area contributed by atoms with Crippen LogP contribution in [0.15, 0.2) is 51.3 Å². The highest BCUT2D eigenvalue weighted by Gasteiger charge is 2.23. The van der Waals surface area contributed by atoms with E-state index >= 15 is 0 Å². The lowest BCUT2D eigenvalue weighted by Crippen LogP contribution is -2.17. The van der Waals surface area contributed by atoms with Gasteiger partial charge in [-0.2, -0.15) is 0 Å². The van der Waals surface area contributed by atoms with Crippen LogP contribution in [-0.4, -0.2) is 52.7 Å². The number of hydrogen-bond donors (Lipinski definition) is 4. The molecule has 0 fully saturated rings. The monoisotopic (exact) mass is 692 g/mol. The Morgan fingerprint density at radius 3 is 1.76 bits per heavy atom. The topological polar surface area (TPSA) is 232 Å². The molecule has 6 aromatic rings. The Hall–Kier alpha value is -6.58. The quantitative estimate of drug-likeness (QED) is 0.132. The Bertz CT molecular complexity index is 2390. The van der Waals surface area contributed by atoms with Crippen molar-refractivity contribution < 1.29 is 28.0 Å². The molecule has 0 radical (unpaired) electrons. The van der Waals surface area contributed by atoms with Gasteiger partial charge in [0.1, 0.15) is 0 Å². The summed E-state index contributed by atoms with van der Waals surface area (Å²) in [6.07, 6.45) is 4.70. The summed E-state index contributed by atoms with van der Waals surface area (Å²) in [6.45, 7) is 9.39. The summed E-state index contributed by atoms with van der Waals surface area (Å²) < 4.78 is 14.7. The molecule has 0 saturated carbocycles. The lowest BCUT2D eigenvalue weighted by molar-refractivity contribution is 0.0985. The SMILES string of the molecule is CCc1nc(C)oc1C(=O)Nc1nc2cc(C(N)=O)ccc2n1C/C=C/Cn1c(NC(=O)c2oc(C)nc2CC)nc2cc(C(N)=O)cc(C)c21.